The van der Waals surface area contributed by atoms with Crippen LogP contribution in [0.5, 0.6) is 5.75 Å². The molecule has 5 rings (SSSR count). The Bertz CT molecular complexity index is 1160. The van der Waals surface area contributed by atoms with Crippen LogP contribution >= 0.6 is 0 Å². The summed E-state index contributed by atoms with van der Waals surface area (Å²) in [6.45, 7) is 4.20. The monoisotopic (exact) mass is 432 g/mol. The van der Waals surface area contributed by atoms with E-state index in [1.165, 1.54) is 11.0 Å². The third-order valence-corrected chi connectivity index (χ3v) is 6.18. The normalized spacial score (nSPS) is 16.6. The van der Waals surface area contributed by atoms with Crippen LogP contribution in [0.2, 0.25) is 0 Å². The molecule has 3 aromatic rings. The zero-order chi connectivity index (χ0) is 22.1. The molecule has 6 nitrogen and oxygen atoms in total. The molecule has 0 spiro atoms. The predicted molar refractivity (Wildman–Crippen MR) is 123 cm³/mol. The third-order valence-electron chi connectivity index (χ3n) is 6.18. The number of rotatable bonds is 4. The summed E-state index contributed by atoms with van der Waals surface area (Å²) in [7, 11) is 0. The Hall–Kier alpha value is -3.45. The molecule has 0 unspecified atom stereocenters. The maximum atomic E-state index is 14.9. The van der Waals surface area contributed by atoms with Crippen molar-refractivity contribution in [1.82, 2.24) is 10.3 Å². The van der Waals surface area contributed by atoms with E-state index in [0.29, 0.717) is 35.3 Å². The number of anilines is 2. The van der Waals surface area contributed by atoms with E-state index in [1.54, 1.807) is 24.4 Å². The molecule has 2 saturated heterocycles. The number of phenols is 1. The van der Waals surface area contributed by atoms with E-state index < -0.39 is 5.82 Å². The van der Waals surface area contributed by atoms with Gasteiger partial charge in [0.25, 0.3) is 0 Å². The zero-order valence-electron chi connectivity index (χ0n) is 17.7. The number of hydrogen-bond acceptors (Lipinski definition) is 5. The van der Waals surface area contributed by atoms with Gasteiger partial charge >= 0.3 is 0 Å². The van der Waals surface area contributed by atoms with Crippen molar-refractivity contribution < 1.29 is 14.3 Å². The van der Waals surface area contributed by atoms with E-state index in [1.807, 2.05) is 24.4 Å². The number of benzene rings is 2. The van der Waals surface area contributed by atoms with Crippen molar-refractivity contribution in [1.29, 1.82) is 0 Å². The molecule has 0 radical (unpaired) electrons. The van der Waals surface area contributed by atoms with E-state index in [0.717, 1.165) is 43.9 Å². The van der Waals surface area contributed by atoms with E-state index in [9.17, 15) is 14.3 Å². The number of halogens is 1. The first-order valence-electron chi connectivity index (χ1n) is 11.0. The highest BCUT2D eigenvalue weighted by Gasteiger charge is 2.24. The number of pyridine rings is 1. The van der Waals surface area contributed by atoms with Crippen LogP contribution in [0.1, 0.15) is 12.8 Å². The Morgan fingerprint density at radius 1 is 0.969 bits per heavy atom. The summed E-state index contributed by atoms with van der Waals surface area (Å²) >= 11 is 0. The fourth-order valence-electron chi connectivity index (χ4n) is 4.48. The number of nitrogens with zero attached hydrogens (tertiary/aromatic N) is 3. The first-order chi connectivity index (χ1) is 15.6. The predicted octanol–water partition coefficient (Wildman–Crippen LogP) is 3.80. The average Bonchev–Trinajstić information content (AvgIpc) is 3.25. The SMILES string of the molecule is O=C1CCCN1c1ccc(-c2cccc(-c3cncc(N4CCNCC4)c3)c2O)cc1F. The van der Waals surface area contributed by atoms with Gasteiger partial charge in [-0.05, 0) is 30.2 Å². The lowest BCUT2D eigenvalue weighted by Gasteiger charge is -2.29. The van der Waals surface area contributed by atoms with Gasteiger partial charge in [-0.3, -0.25) is 9.78 Å². The number of aromatic nitrogens is 1. The van der Waals surface area contributed by atoms with Crippen molar-refractivity contribution in [2.75, 3.05) is 42.5 Å². The molecule has 3 heterocycles. The fourth-order valence-corrected chi connectivity index (χ4v) is 4.48. The molecule has 2 aliphatic heterocycles. The van der Waals surface area contributed by atoms with Crippen molar-refractivity contribution in [3.05, 3.63) is 60.7 Å². The lowest BCUT2D eigenvalue weighted by atomic mass is 9.97. The quantitative estimate of drug-likeness (QED) is 0.657. The highest BCUT2D eigenvalue weighted by molar-refractivity contribution is 5.96. The molecule has 1 amide bonds. The number of aromatic hydroxyl groups is 1. The largest absolute Gasteiger partial charge is 0.507 e. The molecule has 1 aromatic heterocycles. The fraction of sp³-hybridized carbons (Fsp3) is 0.280. The molecule has 2 aromatic carbocycles. The number of carbonyl (C=O) groups excluding carboxylic acids is 1. The van der Waals surface area contributed by atoms with E-state index >= 15 is 0 Å². The smallest absolute Gasteiger partial charge is 0.227 e. The molecule has 164 valence electrons. The highest BCUT2D eigenvalue weighted by atomic mass is 19.1. The molecule has 0 saturated carbocycles. The van der Waals surface area contributed by atoms with Crippen LogP contribution in [0.15, 0.2) is 54.9 Å². The number of piperazine rings is 1. The summed E-state index contributed by atoms with van der Waals surface area (Å²) in [6.07, 6.45) is 4.76. The van der Waals surface area contributed by atoms with Crippen LogP contribution in [0.4, 0.5) is 15.8 Å². The summed E-state index contributed by atoms with van der Waals surface area (Å²) in [4.78, 5) is 20.1. The maximum absolute atomic E-state index is 14.9. The van der Waals surface area contributed by atoms with Crippen molar-refractivity contribution in [2.24, 2.45) is 0 Å². The number of hydrogen-bond donors (Lipinski definition) is 2. The first-order valence-corrected chi connectivity index (χ1v) is 11.0. The van der Waals surface area contributed by atoms with Gasteiger partial charge in [-0.1, -0.05) is 24.3 Å². The number of carbonyl (C=O) groups is 1. The number of amides is 1. The Labute approximate surface area is 186 Å². The van der Waals surface area contributed by atoms with Gasteiger partial charge in [0.15, 0.2) is 0 Å². The topological polar surface area (TPSA) is 68.7 Å². The summed E-state index contributed by atoms with van der Waals surface area (Å²) in [5, 5.41) is 14.4. The summed E-state index contributed by atoms with van der Waals surface area (Å²) < 4.78 is 14.9. The van der Waals surface area contributed by atoms with Crippen LogP contribution < -0.4 is 15.1 Å². The molecule has 2 aliphatic rings. The molecule has 2 N–H and O–H groups in total. The van der Waals surface area contributed by atoms with Crippen LogP contribution in [0, 0.1) is 5.82 Å². The molecule has 0 aliphatic carbocycles. The second kappa shape index (κ2) is 8.59. The number of nitrogens with one attached hydrogen (secondary N) is 1. The minimum Gasteiger partial charge on any atom is -0.507 e. The Morgan fingerprint density at radius 3 is 2.47 bits per heavy atom. The summed E-state index contributed by atoms with van der Waals surface area (Å²) in [6, 6.07) is 12.2. The number of para-hydroxylation sites is 1. The lowest BCUT2D eigenvalue weighted by Crippen LogP contribution is -2.43. The second-order valence-electron chi connectivity index (χ2n) is 8.19. The molecular weight excluding hydrogens is 407 g/mol. The number of phenolic OH excluding ortho intramolecular Hbond substituents is 1. The van der Waals surface area contributed by atoms with Gasteiger partial charge < -0.3 is 20.2 Å². The Kier molecular flexibility index (Phi) is 5.49. The van der Waals surface area contributed by atoms with Crippen LogP contribution in [-0.2, 0) is 4.79 Å². The van der Waals surface area contributed by atoms with Crippen molar-refractivity contribution in [2.45, 2.75) is 12.8 Å². The standard InChI is InChI=1S/C25H25FN4O2/c26-22-14-17(6-7-23(22)30-10-2-5-24(30)31)20-3-1-4-21(25(20)32)18-13-19(16-28-15-18)29-11-8-27-9-12-29/h1,3-4,6-7,13-16,27,32H,2,5,8-12H2. The van der Waals surface area contributed by atoms with Crippen LogP contribution in [0.3, 0.4) is 0 Å². The molecule has 7 heteroatoms. The lowest BCUT2D eigenvalue weighted by molar-refractivity contribution is -0.117. The van der Waals surface area contributed by atoms with E-state index in [2.05, 4.69) is 15.2 Å². The summed E-state index contributed by atoms with van der Waals surface area (Å²) in [5.74, 6) is -0.445. The van der Waals surface area contributed by atoms with Gasteiger partial charge in [0.2, 0.25) is 5.91 Å². The first kappa shape index (κ1) is 20.5. The van der Waals surface area contributed by atoms with Gasteiger partial charge in [-0.2, -0.15) is 0 Å². The van der Waals surface area contributed by atoms with Crippen molar-refractivity contribution in [3.8, 4) is 28.0 Å². The van der Waals surface area contributed by atoms with E-state index in [-0.39, 0.29) is 11.7 Å². The molecule has 2 fully saturated rings. The Morgan fingerprint density at radius 2 is 1.75 bits per heavy atom. The van der Waals surface area contributed by atoms with Crippen molar-refractivity contribution in [3.63, 3.8) is 0 Å². The van der Waals surface area contributed by atoms with Crippen molar-refractivity contribution >= 4 is 17.3 Å². The van der Waals surface area contributed by atoms with Gasteiger partial charge in [-0.15, -0.1) is 0 Å². The molecule has 32 heavy (non-hydrogen) atoms. The minimum atomic E-state index is -0.468. The van der Waals surface area contributed by atoms with Gasteiger partial charge in [0.05, 0.1) is 17.6 Å². The van der Waals surface area contributed by atoms with Gasteiger partial charge in [-0.25, -0.2) is 4.39 Å². The maximum Gasteiger partial charge on any atom is 0.227 e. The second-order valence-corrected chi connectivity index (χ2v) is 8.19. The van der Waals surface area contributed by atoms with Crippen LogP contribution in [0.25, 0.3) is 22.3 Å². The highest BCUT2D eigenvalue weighted by Crippen LogP contribution is 2.40. The van der Waals surface area contributed by atoms with Gasteiger partial charge in [0, 0.05) is 62.0 Å². The minimum absolute atomic E-state index is 0.0571. The summed E-state index contributed by atoms with van der Waals surface area (Å²) in [5.41, 5.74) is 3.85. The van der Waals surface area contributed by atoms with Gasteiger partial charge in [0.1, 0.15) is 11.6 Å². The van der Waals surface area contributed by atoms with Crippen LogP contribution in [-0.4, -0.2) is 48.7 Å². The Balaban J connectivity index is 1.48. The molecule has 0 atom stereocenters. The third kappa shape index (κ3) is 3.80. The zero-order valence-corrected chi connectivity index (χ0v) is 17.7. The molecular formula is C25H25FN4O2. The average molecular weight is 432 g/mol. The molecule has 0 bridgehead atoms. The van der Waals surface area contributed by atoms with E-state index in [4.69, 9.17) is 0 Å².